The number of aliphatic imine (C=N–C) groups is 1. The Morgan fingerprint density at radius 3 is 2.46 bits per heavy atom. The SMILES string of the molecule is Cc1ccc(COc2ccc(C=Nc3ccc(C)c(Cl)c3)cc2Br)cc1. The predicted molar refractivity (Wildman–Crippen MR) is 113 cm³/mol. The van der Waals surface area contributed by atoms with Crippen LogP contribution in [0, 0.1) is 13.8 Å². The Balaban J connectivity index is 1.67. The lowest BCUT2D eigenvalue weighted by Gasteiger charge is -2.09. The highest BCUT2D eigenvalue weighted by molar-refractivity contribution is 9.10. The molecule has 0 aliphatic rings. The van der Waals surface area contributed by atoms with Crippen molar-refractivity contribution in [3.05, 3.63) is 92.4 Å². The van der Waals surface area contributed by atoms with Crippen molar-refractivity contribution in [1.29, 1.82) is 0 Å². The molecular formula is C22H19BrClNO. The first-order valence-electron chi connectivity index (χ1n) is 8.29. The van der Waals surface area contributed by atoms with Gasteiger partial charge in [-0.15, -0.1) is 0 Å². The van der Waals surface area contributed by atoms with Crippen LogP contribution in [0.25, 0.3) is 0 Å². The summed E-state index contributed by atoms with van der Waals surface area (Å²) >= 11 is 9.71. The number of benzene rings is 3. The van der Waals surface area contributed by atoms with Crippen LogP contribution in [0.3, 0.4) is 0 Å². The molecule has 0 saturated heterocycles. The third-order valence-electron chi connectivity index (χ3n) is 3.99. The van der Waals surface area contributed by atoms with Gasteiger partial charge in [0.15, 0.2) is 0 Å². The van der Waals surface area contributed by atoms with Crippen LogP contribution in [0.5, 0.6) is 5.75 Å². The van der Waals surface area contributed by atoms with Gasteiger partial charge in [-0.3, -0.25) is 4.99 Å². The molecule has 0 amide bonds. The summed E-state index contributed by atoms with van der Waals surface area (Å²) in [5.41, 5.74) is 5.24. The third kappa shape index (κ3) is 4.96. The number of hydrogen-bond acceptors (Lipinski definition) is 2. The van der Waals surface area contributed by atoms with Crippen molar-refractivity contribution < 1.29 is 4.74 Å². The Morgan fingerprint density at radius 1 is 1.00 bits per heavy atom. The van der Waals surface area contributed by atoms with Gasteiger partial charge in [0.25, 0.3) is 0 Å². The minimum absolute atomic E-state index is 0.536. The molecule has 0 saturated carbocycles. The summed E-state index contributed by atoms with van der Waals surface area (Å²) in [5, 5.41) is 0.723. The second kappa shape index (κ2) is 8.52. The number of halogens is 2. The maximum Gasteiger partial charge on any atom is 0.134 e. The van der Waals surface area contributed by atoms with Crippen LogP contribution in [0.15, 0.2) is 70.1 Å². The van der Waals surface area contributed by atoms with Crippen molar-refractivity contribution >= 4 is 39.4 Å². The first-order valence-corrected chi connectivity index (χ1v) is 9.46. The number of rotatable bonds is 5. The zero-order valence-corrected chi connectivity index (χ0v) is 17.0. The first kappa shape index (κ1) is 18.7. The Hall–Kier alpha value is -2.10. The summed E-state index contributed by atoms with van der Waals surface area (Å²) in [7, 11) is 0. The molecule has 0 unspecified atom stereocenters. The van der Waals surface area contributed by atoms with Crippen LogP contribution < -0.4 is 4.74 Å². The molecule has 0 atom stereocenters. The second-order valence-corrected chi connectivity index (χ2v) is 7.42. The van der Waals surface area contributed by atoms with Crippen molar-refractivity contribution in [2.75, 3.05) is 0 Å². The molecule has 0 aliphatic carbocycles. The van der Waals surface area contributed by atoms with E-state index in [-0.39, 0.29) is 0 Å². The van der Waals surface area contributed by atoms with Crippen LogP contribution in [0.2, 0.25) is 5.02 Å². The van der Waals surface area contributed by atoms with Gasteiger partial charge >= 0.3 is 0 Å². The number of nitrogens with zero attached hydrogens (tertiary/aromatic N) is 1. The first-order chi connectivity index (χ1) is 12.5. The van der Waals surface area contributed by atoms with E-state index < -0.39 is 0 Å². The highest BCUT2D eigenvalue weighted by atomic mass is 79.9. The summed E-state index contributed by atoms with van der Waals surface area (Å²) in [5.74, 6) is 0.807. The Kier molecular flexibility index (Phi) is 6.12. The Morgan fingerprint density at radius 2 is 1.77 bits per heavy atom. The lowest BCUT2D eigenvalue weighted by atomic mass is 10.2. The van der Waals surface area contributed by atoms with Crippen molar-refractivity contribution in [3.8, 4) is 5.75 Å². The topological polar surface area (TPSA) is 21.6 Å². The molecule has 26 heavy (non-hydrogen) atoms. The van der Waals surface area contributed by atoms with E-state index in [1.54, 1.807) is 0 Å². The normalized spacial score (nSPS) is 11.1. The van der Waals surface area contributed by atoms with Gasteiger partial charge in [0.05, 0.1) is 10.2 Å². The molecular weight excluding hydrogens is 410 g/mol. The van der Waals surface area contributed by atoms with Gasteiger partial charge in [0.2, 0.25) is 0 Å². The van der Waals surface area contributed by atoms with Crippen molar-refractivity contribution in [3.63, 3.8) is 0 Å². The smallest absolute Gasteiger partial charge is 0.134 e. The molecule has 2 nitrogen and oxygen atoms in total. The number of ether oxygens (including phenoxy) is 1. The van der Waals surface area contributed by atoms with E-state index in [9.17, 15) is 0 Å². The van der Waals surface area contributed by atoms with Crippen LogP contribution in [0.4, 0.5) is 5.69 Å². The fourth-order valence-corrected chi connectivity index (χ4v) is 3.06. The summed E-state index contributed by atoms with van der Waals surface area (Å²) in [6.07, 6.45) is 1.81. The summed E-state index contributed by atoms with van der Waals surface area (Å²) < 4.78 is 6.80. The predicted octanol–water partition coefficient (Wildman–Crippen LogP) is 7.05. The van der Waals surface area contributed by atoms with Gasteiger partial charge in [-0.2, -0.15) is 0 Å². The lowest BCUT2D eigenvalue weighted by Crippen LogP contribution is -1.96. The van der Waals surface area contributed by atoms with E-state index in [4.69, 9.17) is 16.3 Å². The van der Waals surface area contributed by atoms with Gasteiger partial charge in [0.1, 0.15) is 12.4 Å². The number of hydrogen-bond donors (Lipinski definition) is 0. The summed E-state index contributed by atoms with van der Waals surface area (Å²) in [6, 6.07) is 20.0. The molecule has 0 bridgehead atoms. The molecule has 0 fully saturated rings. The minimum Gasteiger partial charge on any atom is -0.488 e. The highest BCUT2D eigenvalue weighted by Crippen LogP contribution is 2.27. The zero-order chi connectivity index (χ0) is 18.5. The monoisotopic (exact) mass is 427 g/mol. The Bertz CT molecular complexity index is 935. The molecule has 0 radical (unpaired) electrons. The van der Waals surface area contributed by atoms with E-state index in [0.717, 1.165) is 37.6 Å². The minimum atomic E-state index is 0.536. The van der Waals surface area contributed by atoms with Crippen molar-refractivity contribution in [1.82, 2.24) is 0 Å². The number of aryl methyl sites for hydroxylation is 2. The quantitative estimate of drug-likeness (QED) is 0.399. The summed E-state index contributed by atoms with van der Waals surface area (Å²) in [6.45, 7) is 4.59. The van der Waals surface area contributed by atoms with Gasteiger partial charge in [0, 0.05) is 11.2 Å². The van der Waals surface area contributed by atoms with Crippen LogP contribution in [0.1, 0.15) is 22.3 Å². The van der Waals surface area contributed by atoms with Crippen LogP contribution in [-0.2, 0) is 6.61 Å². The molecule has 3 aromatic carbocycles. The zero-order valence-electron chi connectivity index (χ0n) is 14.7. The van der Waals surface area contributed by atoms with Crippen LogP contribution in [-0.4, -0.2) is 6.21 Å². The summed E-state index contributed by atoms with van der Waals surface area (Å²) in [4.78, 5) is 4.48. The fraction of sp³-hybridized carbons (Fsp3) is 0.136. The fourth-order valence-electron chi connectivity index (χ4n) is 2.37. The van der Waals surface area contributed by atoms with Gasteiger partial charge < -0.3 is 4.74 Å². The molecule has 0 N–H and O–H groups in total. The van der Waals surface area contributed by atoms with E-state index in [1.165, 1.54) is 5.56 Å². The molecule has 132 valence electrons. The third-order valence-corrected chi connectivity index (χ3v) is 5.02. The van der Waals surface area contributed by atoms with Crippen molar-refractivity contribution in [2.45, 2.75) is 20.5 Å². The lowest BCUT2D eigenvalue weighted by molar-refractivity contribution is 0.304. The standard InChI is InChI=1S/C22H19BrClNO/c1-15-3-6-17(7-4-15)14-26-22-10-8-18(11-20(22)23)13-25-19-9-5-16(2)21(24)12-19/h3-13H,14H2,1-2H3. The van der Waals surface area contributed by atoms with Gasteiger partial charge in [-0.05, 0) is 76.8 Å². The maximum atomic E-state index is 6.14. The Labute approximate surface area is 167 Å². The van der Waals surface area contributed by atoms with Crippen molar-refractivity contribution in [2.24, 2.45) is 4.99 Å². The largest absolute Gasteiger partial charge is 0.488 e. The molecule has 3 rings (SSSR count). The van der Waals surface area contributed by atoms with E-state index >= 15 is 0 Å². The van der Waals surface area contributed by atoms with E-state index in [1.807, 2.05) is 49.5 Å². The van der Waals surface area contributed by atoms with Crippen LogP contribution >= 0.6 is 27.5 Å². The maximum absolute atomic E-state index is 6.14. The van der Waals surface area contributed by atoms with E-state index in [2.05, 4.69) is 52.1 Å². The van der Waals surface area contributed by atoms with Gasteiger partial charge in [-0.25, -0.2) is 0 Å². The average molecular weight is 429 g/mol. The molecule has 3 aromatic rings. The molecule has 0 heterocycles. The average Bonchev–Trinajstić information content (AvgIpc) is 2.63. The van der Waals surface area contributed by atoms with Gasteiger partial charge in [-0.1, -0.05) is 47.5 Å². The molecule has 4 heteroatoms. The second-order valence-electron chi connectivity index (χ2n) is 6.16. The highest BCUT2D eigenvalue weighted by Gasteiger charge is 2.03. The molecule has 0 spiro atoms. The molecule has 0 aliphatic heterocycles. The van der Waals surface area contributed by atoms with E-state index in [0.29, 0.717) is 6.61 Å². The molecule has 0 aromatic heterocycles.